The molecule has 2 rings (SSSR count). The summed E-state index contributed by atoms with van der Waals surface area (Å²) in [5.41, 5.74) is -0.296. The molecule has 2 N–H and O–H groups in total. The Morgan fingerprint density at radius 2 is 2.35 bits per heavy atom. The third kappa shape index (κ3) is 6.17. The highest BCUT2D eigenvalue weighted by Crippen LogP contribution is 2.12. The molecule has 8 heteroatoms. The van der Waals surface area contributed by atoms with Gasteiger partial charge in [-0.1, -0.05) is 0 Å². The highest BCUT2D eigenvalue weighted by atomic mass is 16.5. The number of hydrogen-bond acceptors (Lipinski definition) is 6. The second-order valence-electron chi connectivity index (χ2n) is 5.93. The highest BCUT2D eigenvalue weighted by molar-refractivity contribution is 5.76. The van der Waals surface area contributed by atoms with E-state index in [1.54, 1.807) is 0 Å². The van der Waals surface area contributed by atoms with E-state index in [1.807, 2.05) is 14.1 Å². The van der Waals surface area contributed by atoms with Crippen molar-refractivity contribution in [1.82, 2.24) is 15.4 Å². The van der Waals surface area contributed by atoms with E-state index in [0.717, 1.165) is 13.0 Å². The average Bonchev–Trinajstić information content (AvgIpc) is 2.92. The summed E-state index contributed by atoms with van der Waals surface area (Å²) in [7, 11) is 3.98. The van der Waals surface area contributed by atoms with Crippen LogP contribution in [0.2, 0.25) is 0 Å². The summed E-state index contributed by atoms with van der Waals surface area (Å²) in [4.78, 5) is 25.1. The quantitative estimate of drug-likeness (QED) is 0.684. The number of likely N-dealkylation sites (N-methyl/N-ethyl adjacent to an activating group) is 1. The third-order valence-corrected chi connectivity index (χ3v) is 3.68. The van der Waals surface area contributed by atoms with Crippen molar-refractivity contribution < 1.29 is 18.8 Å². The van der Waals surface area contributed by atoms with E-state index < -0.39 is 0 Å². The van der Waals surface area contributed by atoms with Crippen LogP contribution >= 0.6 is 0 Å². The van der Waals surface area contributed by atoms with Crippen LogP contribution in [0.3, 0.4) is 0 Å². The molecule has 0 spiro atoms. The molecule has 0 radical (unpaired) electrons. The smallest absolute Gasteiger partial charge is 0.280 e. The van der Waals surface area contributed by atoms with Crippen molar-refractivity contribution in [3.63, 3.8) is 0 Å². The number of nitrogens with one attached hydrogen (secondary N) is 2. The molecule has 1 aromatic heterocycles. The molecule has 1 aromatic rings. The first-order valence-corrected chi connectivity index (χ1v) is 7.85. The van der Waals surface area contributed by atoms with Crippen LogP contribution in [0, 0.1) is 0 Å². The Hall–Kier alpha value is -1.64. The van der Waals surface area contributed by atoms with E-state index in [1.165, 1.54) is 6.07 Å². The van der Waals surface area contributed by atoms with Crippen molar-refractivity contribution in [1.29, 1.82) is 0 Å². The van der Waals surface area contributed by atoms with Gasteiger partial charge < -0.3 is 24.2 Å². The number of ether oxygens (including phenoxy) is 2. The van der Waals surface area contributed by atoms with Crippen molar-refractivity contribution in [3.8, 4) is 0 Å². The van der Waals surface area contributed by atoms with Crippen LogP contribution in [0.5, 0.6) is 0 Å². The van der Waals surface area contributed by atoms with Crippen LogP contribution in [0.25, 0.3) is 0 Å². The van der Waals surface area contributed by atoms with E-state index in [9.17, 15) is 9.59 Å². The minimum atomic E-state index is -0.296. The second-order valence-corrected chi connectivity index (χ2v) is 5.93. The zero-order valence-electron chi connectivity index (χ0n) is 13.7. The van der Waals surface area contributed by atoms with Gasteiger partial charge in [-0.05, 0) is 20.5 Å². The predicted octanol–water partition coefficient (Wildman–Crippen LogP) is -0.248. The number of rotatable bonds is 8. The number of aryl methyl sites for hydroxylation is 1. The van der Waals surface area contributed by atoms with Crippen molar-refractivity contribution in [3.05, 3.63) is 22.2 Å². The Morgan fingerprint density at radius 1 is 1.52 bits per heavy atom. The van der Waals surface area contributed by atoms with Gasteiger partial charge in [0.05, 0.1) is 25.4 Å². The lowest BCUT2D eigenvalue weighted by atomic mass is 10.1. The molecular formula is C15H25N3O5. The van der Waals surface area contributed by atoms with Crippen molar-refractivity contribution in [2.24, 2.45) is 0 Å². The monoisotopic (exact) mass is 327 g/mol. The van der Waals surface area contributed by atoms with Crippen molar-refractivity contribution in [2.75, 3.05) is 40.5 Å². The van der Waals surface area contributed by atoms with Gasteiger partial charge in [-0.3, -0.25) is 9.59 Å². The summed E-state index contributed by atoms with van der Waals surface area (Å²) < 4.78 is 16.2. The maximum absolute atomic E-state index is 12.1. The zero-order chi connectivity index (χ0) is 16.7. The number of nitrogens with zero attached hydrogens (tertiary/aromatic N) is 1. The van der Waals surface area contributed by atoms with Gasteiger partial charge in [-0.15, -0.1) is 0 Å². The van der Waals surface area contributed by atoms with E-state index in [4.69, 9.17) is 14.0 Å². The summed E-state index contributed by atoms with van der Waals surface area (Å²) in [6.07, 6.45) is 1.37. The molecule has 0 saturated carbocycles. The normalized spacial score (nSPS) is 21.5. The molecule has 1 amide bonds. The molecule has 2 heterocycles. The Bertz CT molecular complexity index is 539. The fourth-order valence-electron chi connectivity index (χ4n) is 2.40. The van der Waals surface area contributed by atoms with Gasteiger partial charge in [0.1, 0.15) is 5.76 Å². The SMILES string of the molecule is CN(C)CCO[C@@H]1CCOC[C@@H]1NC(=O)CCc1cc(=O)[nH]o1. The lowest BCUT2D eigenvalue weighted by molar-refractivity contribution is -0.126. The maximum atomic E-state index is 12.1. The summed E-state index contributed by atoms with van der Waals surface area (Å²) >= 11 is 0. The molecule has 1 aliphatic rings. The van der Waals surface area contributed by atoms with E-state index in [0.29, 0.717) is 32.0 Å². The fourth-order valence-corrected chi connectivity index (χ4v) is 2.40. The molecular weight excluding hydrogens is 302 g/mol. The molecule has 1 aliphatic heterocycles. The number of amides is 1. The fraction of sp³-hybridized carbons (Fsp3) is 0.733. The number of carbonyl (C=O) groups excluding carboxylic acids is 1. The summed E-state index contributed by atoms with van der Waals surface area (Å²) in [6, 6.07) is 1.21. The lowest BCUT2D eigenvalue weighted by Gasteiger charge is -2.32. The Labute approximate surface area is 135 Å². The van der Waals surface area contributed by atoms with Gasteiger partial charge in [0.25, 0.3) is 5.56 Å². The van der Waals surface area contributed by atoms with Crippen LogP contribution in [0.4, 0.5) is 0 Å². The first kappa shape index (κ1) is 17.7. The lowest BCUT2D eigenvalue weighted by Crippen LogP contribution is -2.51. The van der Waals surface area contributed by atoms with Gasteiger partial charge in [-0.2, -0.15) is 5.16 Å². The standard InChI is InChI=1S/C15H25N3O5/c1-18(2)6-8-22-13-5-7-21-10-12(13)16-14(19)4-3-11-9-15(20)17-23-11/h9,12-13H,3-8,10H2,1-2H3,(H,16,19)(H,17,20)/t12-,13+/m0/s1. The number of aromatic nitrogens is 1. The number of carbonyl (C=O) groups is 1. The molecule has 1 fully saturated rings. The Balaban J connectivity index is 1.76. The zero-order valence-corrected chi connectivity index (χ0v) is 13.7. The summed E-state index contributed by atoms with van der Waals surface area (Å²) in [5.74, 6) is 0.370. The van der Waals surface area contributed by atoms with Crippen molar-refractivity contribution in [2.45, 2.75) is 31.4 Å². The minimum absolute atomic E-state index is 0.0298. The molecule has 2 atom stereocenters. The van der Waals surface area contributed by atoms with Gasteiger partial charge in [0, 0.05) is 32.1 Å². The Kier molecular flexibility index (Phi) is 6.82. The number of H-pyrrole nitrogens is 1. The average molecular weight is 327 g/mol. The van der Waals surface area contributed by atoms with Crippen LogP contribution in [0.1, 0.15) is 18.6 Å². The third-order valence-electron chi connectivity index (χ3n) is 3.68. The van der Waals surface area contributed by atoms with Crippen molar-refractivity contribution >= 4 is 5.91 Å². The largest absolute Gasteiger partial charge is 0.384 e. The Morgan fingerprint density at radius 3 is 3.04 bits per heavy atom. The molecule has 0 aromatic carbocycles. The molecule has 8 nitrogen and oxygen atoms in total. The van der Waals surface area contributed by atoms with Gasteiger partial charge >= 0.3 is 0 Å². The maximum Gasteiger partial charge on any atom is 0.280 e. The van der Waals surface area contributed by atoms with Gasteiger partial charge in [0.15, 0.2) is 0 Å². The topological polar surface area (TPSA) is 96.8 Å². The van der Waals surface area contributed by atoms with E-state index in [2.05, 4.69) is 15.4 Å². The van der Waals surface area contributed by atoms with Crippen LogP contribution < -0.4 is 10.9 Å². The number of hydrogen-bond donors (Lipinski definition) is 2. The summed E-state index contributed by atoms with van der Waals surface area (Å²) in [6.45, 7) is 2.56. The van der Waals surface area contributed by atoms with Crippen LogP contribution in [-0.2, 0) is 20.7 Å². The first-order valence-electron chi connectivity index (χ1n) is 7.85. The minimum Gasteiger partial charge on any atom is -0.384 e. The first-order chi connectivity index (χ1) is 11.0. The van der Waals surface area contributed by atoms with E-state index >= 15 is 0 Å². The molecule has 0 unspecified atom stereocenters. The second kappa shape index (κ2) is 8.85. The molecule has 23 heavy (non-hydrogen) atoms. The van der Waals surface area contributed by atoms with Crippen LogP contribution in [0.15, 0.2) is 15.4 Å². The van der Waals surface area contributed by atoms with Gasteiger partial charge in [0.2, 0.25) is 5.91 Å². The molecule has 1 saturated heterocycles. The van der Waals surface area contributed by atoms with Gasteiger partial charge in [-0.25, -0.2) is 0 Å². The summed E-state index contributed by atoms with van der Waals surface area (Å²) in [5, 5.41) is 5.16. The molecule has 0 bridgehead atoms. The molecule has 130 valence electrons. The highest BCUT2D eigenvalue weighted by Gasteiger charge is 2.27. The van der Waals surface area contributed by atoms with Crippen LogP contribution in [-0.4, -0.2) is 68.6 Å². The predicted molar refractivity (Wildman–Crippen MR) is 83.3 cm³/mol. The molecule has 0 aliphatic carbocycles. The van der Waals surface area contributed by atoms with E-state index in [-0.39, 0.29) is 30.0 Å². The number of aromatic amines is 1.